The van der Waals surface area contributed by atoms with Crippen molar-refractivity contribution in [1.29, 1.82) is 0 Å². The number of aromatic nitrogens is 1. The maximum Gasteiger partial charge on any atom is 0.258 e. The lowest BCUT2D eigenvalue weighted by Crippen LogP contribution is -2.31. The van der Waals surface area contributed by atoms with Crippen LogP contribution < -0.4 is 14.8 Å². The molecular formula is C16H18N2O3. The minimum atomic E-state index is -0.209. The van der Waals surface area contributed by atoms with Gasteiger partial charge >= 0.3 is 0 Å². The highest BCUT2D eigenvalue weighted by Crippen LogP contribution is 2.25. The number of para-hydroxylation sites is 2. The smallest absolute Gasteiger partial charge is 0.258 e. The number of carbonyl (C=O) groups is 1. The summed E-state index contributed by atoms with van der Waals surface area (Å²) in [5.41, 5.74) is 0.808. The van der Waals surface area contributed by atoms with Gasteiger partial charge in [0.25, 0.3) is 5.91 Å². The molecule has 5 heteroatoms. The van der Waals surface area contributed by atoms with E-state index in [1.165, 1.54) is 0 Å². The predicted molar refractivity (Wildman–Crippen MR) is 79.3 cm³/mol. The van der Waals surface area contributed by atoms with Gasteiger partial charge in [-0.3, -0.25) is 9.78 Å². The van der Waals surface area contributed by atoms with Crippen LogP contribution in [0.25, 0.3) is 0 Å². The van der Waals surface area contributed by atoms with Gasteiger partial charge in [0, 0.05) is 6.20 Å². The van der Waals surface area contributed by atoms with Gasteiger partial charge in [-0.25, -0.2) is 0 Å². The predicted octanol–water partition coefficient (Wildman–Crippen LogP) is 2.35. The normalized spacial score (nSPS) is 11.5. The maximum absolute atomic E-state index is 11.9. The summed E-state index contributed by atoms with van der Waals surface area (Å²) in [4.78, 5) is 16.1. The zero-order valence-electron chi connectivity index (χ0n) is 12.1. The molecule has 0 saturated carbocycles. The number of nitrogens with zero attached hydrogens (tertiary/aromatic N) is 1. The Hall–Kier alpha value is -2.56. The molecule has 5 nitrogen and oxygen atoms in total. The molecule has 1 N–H and O–H groups in total. The molecule has 2 aromatic rings. The van der Waals surface area contributed by atoms with E-state index in [1.807, 2.05) is 37.3 Å². The minimum absolute atomic E-state index is 0.0719. The summed E-state index contributed by atoms with van der Waals surface area (Å²) in [6.45, 7) is 1.81. The first-order valence-electron chi connectivity index (χ1n) is 6.67. The average molecular weight is 286 g/mol. The number of hydrogen-bond acceptors (Lipinski definition) is 4. The van der Waals surface area contributed by atoms with Gasteiger partial charge in [0.2, 0.25) is 0 Å². The summed E-state index contributed by atoms with van der Waals surface area (Å²) in [6.07, 6.45) is 1.70. The van der Waals surface area contributed by atoms with Crippen molar-refractivity contribution in [2.75, 3.05) is 13.7 Å². The van der Waals surface area contributed by atoms with Crippen molar-refractivity contribution < 1.29 is 14.3 Å². The maximum atomic E-state index is 11.9. The highest BCUT2D eigenvalue weighted by molar-refractivity contribution is 5.78. The van der Waals surface area contributed by atoms with E-state index in [9.17, 15) is 4.79 Å². The number of carbonyl (C=O) groups excluding carboxylic acids is 1. The second-order valence-corrected chi connectivity index (χ2v) is 4.48. The number of benzene rings is 1. The van der Waals surface area contributed by atoms with Crippen LogP contribution in [0.4, 0.5) is 0 Å². The topological polar surface area (TPSA) is 60.5 Å². The molecule has 0 bridgehead atoms. The van der Waals surface area contributed by atoms with E-state index in [-0.39, 0.29) is 18.6 Å². The van der Waals surface area contributed by atoms with Gasteiger partial charge in [-0.2, -0.15) is 0 Å². The lowest BCUT2D eigenvalue weighted by atomic mass is 10.2. The minimum Gasteiger partial charge on any atom is -0.493 e. The van der Waals surface area contributed by atoms with Crippen LogP contribution in [-0.4, -0.2) is 24.6 Å². The van der Waals surface area contributed by atoms with Gasteiger partial charge < -0.3 is 14.8 Å². The summed E-state index contributed by atoms with van der Waals surface area (Å²) < 4.78 is 10.6. The highest BCUT2D eigenvalue weighted by Gasteiger charge is 2.11. The van der Waals surface area contributed by atoms with E-state index in [4.69, 9.17) is 9.47 Å². The van der Waals surface area contributed by atoms with Crippen molar-refractivity contribution in [2.45, 2.75) is 13.0 Å². The Morgan fingerprint density at radius 2 is 1.90 bits per heavy atom. The Morgan fingerprint density at radius 1 is 1.19 bits per heavy atom. The number of nitrogens with one attached hydrogen (secondary N) is 1. The molecule has 1 heterocycles. The number of methoxy groups -OCH3 is 1. The van der Waals surface area contributed by atoms with Crippen molar-refractivity contribution in [3.8, 4) is 11.5 Å². The third-order valence-corrected chi connectivity index (χ3v) is 2.94. The molecule has 1 unspecified atom stereocenters. The average Bonchev–Trinajstić information content (AvgIpc) is 2.54. The second-order valence-electron chi connectivity index (χ2n) is 4.48. The fourth-order valence-corrected chi connectivity index (χ4v) is 1.87. The van der Waals surface area contributed by atoms with Crippen LogP contribution in [0.2, 0.25) is 0 Å². The summed E-state index contributed by atoms with van der Waals surface area (Å²) >= 11 is 0. The quantitative estimate of drug-likeness (QED) is 0.885. The number of rotatable bonds is 6. The van der Waals surface area contributed by atoms with Gasteiger partial charge in [-0.15, -0.1) is 0 Å². The zero-order chi connectivity index (χ0) is 15.1. The SMILES string of the molecule is COc1ccccc1OCC(=O)NC(C)c1ccccn1. The Bertz CT molecular complexity index is 587. The fourth-order valence-electron chi connectivity index (χ4n) is 1.87. The highest BCUT2D eigenvalue weighted by atomic mass is 16.5. The molecule has 0 aliphatic carbocycles. The lowest BCUT2D eigenvalue weighted by Gasteiger charge is -2.14. The third kappa shape index (κ3) is 4.21. The molecule has 0 aliphatic rings. The van der Waals surface area contributed by atoms with Crippen LogP contribution in [0.1, 0.15) is 18.7 Å². The lowest BCUT2D eigenvalue weighted by molar-refractivity contribution is -0.123. The van der Waals surface area contributed by atoms with E-state index in [0.29, 0.717) is 11.5 Å². The van der Waals surface area contributed by atoms with E-state index in [2.05, 4.69) is 10.3 Å². The van der Waals surface area contributed by atoms with Crippen LogP contribution in [0.15, 0.2) is 48.7 Å². The molecule has 1 amide bonds. The molecule has 0 fully saturated rings. The first-order chi connectivity index (χ1) is 10.2. The first kappa shape index (κ1) is 14.8. The third-order valence-electron chi connectivity index (χ3n) is 2.94. The molecular weight excluding hydrogens is 268 g/mol. The molecule has 1 aromatic heterocycles. The van der Waals surface area contributed by atoms with Crippen LogP contribution in [0, 0.1) is 0 Å². The monoisotopic (exact) mass is 286 g/mol. The van der Waals surface area contributed by atoms with Gasteiger partial charge in [0.05, 0.1) is 18.8 Å². The summed E-state index contributed by atoms with van der Waals surface area (Å²) in [7, 11) is 1.56. The Balaban J connectivity index is 1.88. The van der Waals surface area contributed by atoms with Crippen LogP contribution in [-0.2, 0) is 4.79 Å². The number of pyridine rings is 1. The van der Waals surface area contributed by atoms with Crippen molar-refractivity contribution in [3.63, 3.8) is 0 Å². The fraction of sp³-hybridized carbons (Fsp3) is 0.250. The van der Waals surface area contributed by atoms with Gasteiger partial charge in [-0.1, -0.05) is 18.2 Å². The molecule has 0 saturated heterocycles. The van der Waals surface area contributed by atoms with E-state index in [1.54, 1.807) is 25.4 Å². The summed E-state index contributed by atoms with van der Waals surface area (Å²) in [5, 5.41) is 2.84. The van der Waals surface area contributed by atoms with Gasteiger partial charge in [0.1, 0.15) is 0 Å². The number of hydrogen-bond donors (Lipinski definition) is 1. The first-order valence-corrected chi connectivity index (χ1v) is 6.67. The van der Waals surface area contributed by atoms with Crippen molar-refractivity contribution in [3.05, 3.63) is 54.4 Å². The van der Waals surface area contributed by atoms with Crippen LogP contribution in [0.5, 0.6) is 11.5 Å². The zero-order valence-corrected chi connectivity index (χ0v) is 12.1. The van der Waals surface area contributed by atoms with Crippen molar-refractivity contribution >= 4 is 5.91 Å². The molecule has 0 radical (unpaired) electrons. The molecule has 21 heavy (non-hydrogen) atoms. The van der Waals surface area contributed by atoms with Crippen LogP contribution in [0.3, 0.4) is 0 Å². The van der Waals surface area contributed by atoms with Gasteiger partial charge in [-0.05, 0) is 31.2 Å². The van der Waals surface area contributed by atoms with Crippen LogP contribution >= 0.6 is 0 Å². The molecule has 0 aliphatic heterocycles. The van der Waals surface area contributed by atoms with E-state index >= 15 is 0 Å². The summed E-state index contributed by atoms with van der Waals surface area (Å²) in [6, 6.07) is 12.6. The van der Waals surface area contributed by atoms with Crippen molar-refractivity contribution in [1.82, 2.24) is 10.3 Å². The standard InChI is InChI=1S/C16H18N2O3/c1-12(13-7-5-6-10-17-13)18-16(19)11-21-15-9-4-3-8-14(15)20-2/h3-10,12H,11H2,1-2H3,(H,18,19). The Labute approximate surface area is 123 Å². The Morgan fingerprint density at radius 3 is 2.57 bits per heavy atom. The van der Waals surface area contributed by atoms with Gasteiger partial charge in [0.15, 0.2) is 18.1 Å². The number of amides is 1. The molecule has 2 rings (SSSR count). The number of ether oxygens (including phenoxy) is 2. The Kier molecular flexibility index (Phi) is 5.15. The second kappa shape index (κ2) is 7.28. The summed E-state index contributed by atoms with van der Waals surface area (Å²) in [5.74, 6) is 0.933. The largest absolute Gasteiger partial charge is 0.493 e. The molecule has 110 valence electrons. The van der Waals surface area contributed by atoms with E-state index < -0.39 is 0 Å². The molecule has 0 spiro atoms. The molecule has 1 atom stereocenters. The van der Waals surface area contributed by atoms with Crippen molar-refractivity contribution in [2.24, 2.45) is 0 Å². The molecule has 1 aromatic carbocycles. The van der Waals surface area contributed by atoms with E-state index in [0.717, 1.165) is 5.69 Å².